The highest BCUT2D eigenvalue weighted by molar-refractivity contribution is 5.80. The van der Waals surface area contributed by atoms with Crippen molar-refractivity contribution in [2.75, 3.05) is 19.6 Å². The number of aliphatic hydroxyl groups excluding tert-OH is 1. The minimum absolute atomic E-state index is 0.0751. The van der Waals surface area contributed by atoms with E-state index in [1.807, 2.05) is 0 Å². The van der Waals surface area contributed by atoms with Crippen LogP contribution in [0.2, 0.25) is 0 Å². The number of imidazole rings is 1. The Morgan fingerprint density at radius 2 is 2.29 bits per heavy atom. The number of carbonyl (C=O) groups excluding carboxylic acids is 1. The average Bonchev–Trinajstić information content (AvgIpc) is 3.03. The molecular weight excluding hydrogens is 220 g/mol. The van der Waals surface area contributed by atoms with Gasteiger partial charge in [-0.05, 0) is 12.8 Å². The van der Waals surface area contributed by atoms with Crippen molar-refractivity contribution in [3.05, 3.63) is 18.2 Å². The minimum Gasteiger partial charge on any atom is -0.384 e. The Balaban J connectivity index is 2.07. The lowest BCUT2D eigenvalue weighted by Crippen LogP contribution is -2.40. The molecule has 1 aromatic heterocycles. The maximum Gasteiger partial charge on any atom is 0.230 e. The summed E-state index contributed by atoms with van der Waals surface area (Å²) in [5.41, 5.74) is 5.60. The topological polar surface area (TPSA) is 95.2 Å². The maximum atomic E-state index is 12.2. The van der Waals surface area contributed by atoms with Crippen molar-refractivity contribution >= 4 is 5.91 Å². The quantitative estimate of drug-likeness (QED) is 0.667. The number of aliphatic hydroxyl groups is 1. The zero-order chi connectivity index (χ0) is 12.3. The average molecular weight is 238 g/mol. The lowest BCUT2D eigenvalue weighted by Gasteiger charge is -2.24. The highest BCUT2D eigenvalue weighted by Crippen LogP contribution is 2.22. The largest absolute Gasteiger partial charge is 0.384 e. The number of hydrogen-bond donors (Lipinski definition) is 3. The fraction of sp³-hybridized carbons (Fsp3) is 0.636. The molecule has 6 nitrogen and oxygen atoms in total. The number of carbonyl (C=O) groups is 1. The van der Waals surface area contributed by atoms with Crippen LogP contribution < -0.4 is 5.73 Å². The van der Waals surface area contributed by atoms with E-state index < -0.39 is 12.0 Å². The van der Waals surface area contributed by atoms with E-state index in [4.69, 9.17) is 5.73 Å². The number of rotatable bonds is 4. The van der Waals surface area contributed by atoms with Crippen LogP contribution in [0.5, 0.6) is 0 Å². The van der Waals surface area contributed by atoms with E-state index in [0.717, 1.165) is 25.9 Å². The van der Waals surface area contributed by atoms with Gasteiger partial charge in [-0.3, -0.25) is 4.79 Å². The van der Waals surface area contributed by atoms with Gasteiger partial charge in [0.15, 0.2) is 0 Å². The van der Waals surface area contributed by atoms with E-state index in [2.05, 4.69) is 9.97 Å². The standard InChI is InChI=1S/C11H18N4O2/c12-7-8(9(16)10-13-3-4-14-10)11(17)15-5-1-2-6-15/h3-4,8-9,16H,1-2,5-7,12H2,(H,13,14). The summed E-state index contributed by atoms with van der Waals surface area (Å²) in [6.07, 6.45) is 4.27. The van der Waals surface area contributed by atoms with Crippen molar-refractivity contribution < 1.29 is 9.90 Å². The van der Waals surface area contributed by atoms with Crippen LogP contribution in [-0.2, 0) is 4.79 Å². The first kappa shape index (κ1) is 12.1. The highest BCUT2D eigenvalue weighted by atomic mass is 16.3. The predicted octanol–water partition coefficient (Wildman–Crippen LogP) is -0.360. The molecule has 0 aliphatic carbocycles. The number of likely N-dealkylation sites (tertiary alicyclic amines) is 1. The SMILES string of the molecule is NCC(C(=O)N1CCCC1)C(O)c1ncc[nH]1. The van der Waals surface area contributed by atoms with Crippen LogP contribution >= 0.6 is 0 Å². The number of amides is 1. The summed E-state index contributed by atoms with van der Waals surface area (Å²) in [5, 5.41) is 10.1. The second kappa shape index (κ2) is 5.29. The third-order valence-electron chi connectivity index (χ3n) is 3.17. The van der Waals surface area contributed by atoms with Gasteiger partial charge < -0.3 is 20.7 Å². The zero-order valence-electron chi connectivity index (χ0n) is 9.67. The first-order chi connectivity index (χ1) is 8.24. The summed E-state index contributed by atoms with van der Waals surface area (Å²) in [7, 11) is 0. The molecule has 0 saturated carbocycles. The second-order valence-corrected chi connectivity index (χ2v) is 4.29. The van der Waals surface area contributed by atoms with Gasteiger partial charge in [-0.1, -0.05) is 0 Å². The van der Waals surface area contributed by atoms with Gasteiger partial charge in [0.2, 0.25) is 5.91 Å². The molecule has 1 aromatic rings. The maximum absolute atomic E-state index is 12.2. The van der Waals surface area contributed by atoms with E-state index in [1.165, 1.54) is 0 Å². The van der Waals surface area contributed by atoms with Crippen molar-refractivity contribution in [2.24, 2.45) is 11.7 Å². The number of hydrogen-bond acceptors (Lipinski definition) is 4. The Bertz CT molecular complexity index is 360. The van der Waals surface area contributed by atoms with Crippen molar-refractivity contribution in [3.63, 3.8) is 0 Å². The Hall–Kier alpha value is -1.40. The molecular formula is C11H18N4O2. The normalized spacial score (nSPS) is 19.3. The van der Waals surface area contributed by atoms with E-state index in [-0.39, 0.29) is 12.5 Å². The Labute approximate surface area is 99.8 Å². The van der Waals surface area contributed by atoms with Gasteiger partial charge >= 0.3 is 0 Å². The fourth-order valence-electron chi connectivity index (χ4n) is 2.17. The lowest BCUT2D eigenvalue weighted by molar-refractivity contribution is -0.138. The lowest BCUT2D eigenvalue weighted by atomic mass is 10.0. The van der Waals surface area contributed by atoms with Crippen molar-refractivity contribution in [1.82, 2.24) is 14.9 Å². The monoisotopic (exact) mass is 238 g/mol. The van der Waals surface area contributed by atoms with Crippen molar-refractivity contribution in [3.8, 4) is 0 Å². The zero-order valence-corrected chi connectivity index (χ0v) is 9.67. The molecule has 17 heavy (non-hydrogen) atoms. The number of nitrogens with two attached hydrogens (primary N) is 1. The highest BCUT2D eigenvalue weighted by Gasteiger charge is 2.32. The Morgan fingerprint density at radius 3 is 2.82 bits per heavy atom. The van der Waals surface area contributed by atoms with Gasteiger partial charge in [0.25, 0.3) is 0 Å². The number of H-pyrrole nitrogens is 1. The molecule has 1 amide bonds. The molecule has 0 bridgehead atoms. The van der Waals surface area contributed by atoms with E-state index in [0.29, 0.717) is 5.82 Å². The van der Waals surface area contributed by atoms with Crippen LogP contribution in [0.3, 0.4) is 0 Å². The van der Waals surface area contributed by atoms with Crippen molar-refractivity contribution in [2.45, 2.75) is 18.9 Å². The van der Waals surface area contributed by atoms with Crippen molar-refractivity contribution in [1.29, 1.82) is 0 Å². The first-order valence-corrected chi connectivity index (χ1v) is 5.90. The molecule has 2 rings (SSSR count). The van der Waals surface area contributed by atoms with E-state index >= 15 is 0 Å². The van der Waals surface area contributed by atoms with Crippen LogP contribution in [0.25, 0.3) is 0 Å². The summed E-state index contributed by atoms with van der Waals surface area (Å²) in [6.45, 7) is 1.65. The summed E-state index contributed by atoms with van der Waals surface area (Å²) >= 11 is 0. The van der Waals surface area contributed by atoms with Gasteiger partial charge in [0.05, 0.1) is 5.92 Å². The summed E-state index contributed by atoms with van der Waals surface area (Å²) < 4.78 is 0. The summed E-state index contributed by atoms with van der Waals surface area (Å²) in [5.74, 6) is -0.291. The fourth-order valence-corrected chi connectivity index (χ4v) is 2.17. The number of aromatic nitrogens is 2. The molecule has 4 N–H and O–H groups in total. The summed E-state index contributed by atoms with van der Waals surface area (Å²) in [6, 6.07) is 0. The first-order valence-electron chi connectivity index (χ1n) is 5.90. The van der Waals surface area contributed by atoms with Crippen LogP contribution in [0.4, 0.5) is 0 Å². The van der Waals surface area contributed by atoms with Crippen LogP contribution in [-0.4, -0.2) is 45.5 Å². The molecule has 2 atom stereocenters. The molecule has 0 aromatic carbocycles. The molecule has 1 saturated heterocycles. The molecule has 1 aliphatic rings. The van der Waals surface area contributed by atoms with Crippen LogP contribution in [0, 0.1) is 5.92 Å². The predicted molar refractivity (Wildman–Crippen MR) is 61.9 cm³/mol. The molecule has 2 heterocycles. The van der Waals surface area contributed by atoms with Crippen LogP contribution in [0.15, 0.2) is 12.4 Å². The van der Waals surface area contributed by atoms with Crippen LogP contribution in [0.1, 0.15) is 24.8 Å². The van der Waals surface area contributed by atoms with E-state index in [9.17, 15) is 9.90 Å². The Kier molecular flexibility index (Phi) is 3.75. The van der Waals surface area contributed by atoms with Gasteiger partial charge in [-0.25, -0.2) is 4.98 Å². The number of nitrogens with zero attached hydrogens (tertiary/aromatic N) is 2. The summed E-state index contributed by atoms with van der Waals surface area (Å²) in [4.78, 5) is 20.7. The third-order valence-corrected chi connectivity index (χ3v) is 3.17. The molecule has 6 heteroatoms. The number of aromatic amines is 1. The molecule has 1 aliphatic heterocycles. The van der Waals surface area contributed by atoms with Gasteiger partial charge in [-0.15, -0.1) is 0 Å². The Morgan fingerprint density at radius 1 is 1.59 bits per heavy atom. The molecule has 0 radical (unpaired) electrons. The molecule has 2 unspecified atom stereocenters. The third kappa shape index (κ3) is 2.48. The number of nitrogens with one attached hydrogen (secondary N) is 1. The second-order valence-electron chi connectivity index (χ2n) is 4.29. The molecule has 94 valence electrons. The molecule has 0 spiro atoms. The van der Waals surface area contributed by atoms with Gasteiger partial charge in [-0.2, -0.15) is 0 Å². The van der Waals surface area contributed by atoms with E-state index in [1.54, 1.807) is 17.3 Å². The minimum atomic E-state index is -0.955. The molecule has 1 fully saturated rings. The smallest absolute Gasteiger partial charge is 0.230 e. The van der Waals surface area contributed by atoms with Gasteiger partial charge in [0, 0.05) is 32.0 Å². The van der Waals surface area contributed by atoms with Gasteiger partial charge in [0.1, 0.15) is 11.9 Å².